The van der Waals surface area contributed by atoms with E-state index in [0.29, 0.717) is 0 Å². The van der Waals surface area contributed by atoms with Crippen molar-refractivity contribution >= 4 is 101 Å². The largest absolute Gasteiger partial charge is 0.310 e. The summed E-state index contributed by atoms with van der Waals surface area (Å²) in [4.78, 5) is 5.55. The fourth-order valence-electron chi connectivity index (χ4n) is 24.1. The lowest BCUT2D eigenvalue weighted by atomic mass is 9.33. The van der Waals surface area contributed by atoms with E-state index >= 15 is 0 Å². The van der Waals surface area contributed by atoms with Gasteiger partial charge in [0.2, 0.25) is 0 Å². The number of benzene rings is 19. The normalized spacial score (nSPS) is 14.0. The van der Waals surface area contributed by atoms with Gasteiger partial charge < -0.3 is 18.9 Å². The van der Waals surface area contributed by atoms with E-state index in [2.05, 4.69) is 506 Å². The van der Waals surface area contributed by atoms with Crippen molar-refractivity contribution < 1.29 is 0 Å². The zero-order valence-corrected chi connectivity index (χ0v) is 76.3. The molecular formula is C128H97BN4. The predicted molar refractivity (Wildman–Crippen MR) is 561 cm³/mol. The van der Waals surface area contributed by atoms with Crippen molar-refractivity contribution in [2.75, 3.05) is 9.80 Å². The van der Waals surface area contributed by atoms with Crippen molar-refractivity contribution in [2.24, 2.45) is 0 Å². The van der Waals surface area contributed by atoms with Gasteiger partial charge in [-0.1, -0.05) is 390 Å². The first kappa shape index (κ1) is 78.5. The topological polar surface area (TPSA) is 16.3 Å². The second kappa shape index (κ2) is 29.0. The summed E-state index contributed by atoms with van der Waals surface area (Å²) in [7, 11) is 0. The molecular weight excluding hydrogens is 1600 g/mol. The molecule has 21 aromatic rings. The van der Waals surface area contributed by atoms with E-state index in [1.165, 1.54) is 133 Å². The third-order valence-electron chi connectivity index (χ3n) is 30.2. The van der Waals surface area contributed by atoms with Gasteiger partial charge in [0.1, 0.15) is 0 Å². The average Bonchev–Trinajstić information content (AvgIpc) is 1.60. The number of nitrogens with zero attached hydrogens (tertiary/aromatic N) is 4. The van der Waals surface area contributed by atoms with Gasteiger partial charge in [-0.3, -0.25) is 0 Å². The Morgan fingerprint density at radius 2 is 0.504 bits per heavy atom. The van der Waals surface area contributed by atoms with E-state index in [9.17, 15) is 0 Å². The Bertz CT molecular complexity index is 7830. The molecule has 0 saturated carbocycles. The summed E-state index contributed by atoms with van der Waals surface area (Å²) >= 11 is 0. The molecule has 0 N–H and O–H groups in total. The maximum absolute atomic E-state index is 2.78. The summed E-state index contributed by atoms with van der Waals surface area (Å²) in [6.45, 7) is 21.2. The zero-order valence-electron chi connectivity index (χ0n) is 76.3. The van der Waals surface area contributed by atoms with Crippen molar-refractivity contribution in [3.8, 4) is 89.3 Å². The van der Waals surface area contributed by atoms with Crippen molar-refractivity contribution in [3.05, 3.63) is 486 Å². The number of rotatable bonds is 10. The molecule has 5 aliphatic rings. The highest BCUT2D eigenvalue weighted by Crippen LogP contribution is 2.65. The first-order valence-corrected chi connectivity index (χ1v) is 47.2. The fraction of sp³-hybridized carbons (Fsp3) is 0.109. The lowest BCUT2D eigenvalue weighted by molar-refractivity contribution is 0.590. The quantitative estimate of drug-likeness (QED) is 0.127. The number of para-hydroxylation sites is 2. The highest BCUT2D eigenvalue weighted by molar-refractivity contribution is 7.00. The molecule has 0 radical (unpaired) electrons. The third kappa shape index (κ3) is 11.4. The summed E-state index contributed by atoms with van der Waals surface area (Å²) < 4.78 is 5.24. The average molecular weight is 1700 g/mol. The minimum atomic E-state index is -0.642. The zero-order chi connectivity index (χ0) is 89.3. The van der Waals surface area contributed by atoms with E-state index in [-0.39, 0.29) is 17.5 Å². The second-order valence-electron chi connectivity index (χ2n) is 40.5. The first-order valence-electron chi connectivity index (χ1n) is 47.2. The SMILES string of the molecule is CC(C)(C)c1cc(-c2ccccc2)c(N2c3cc(-n4c5ccccc5c5cc6c(cc54)C(c4ccccc4)(c4ccccc4)c4ccccc4-6)ccc3B3c4ccc(-n5c6ccccc6c6cc7c(cc65)C5(c6ccccc6-c6ccccc65)c5ccccc5-7)cc4N(c4c(-c5ccccc5)cc(C(C)(C)C)cc4-c4ccccc4)c4cc(C(C)(C)C)cc2c43)c(-c2ccccc2)c1. The molecule has 133 heavy (non-hydrogen) atoms. The van der Waals surface area contributed by atoms with Crippen LogP contribution in [0.25, 0.3) is 133 Å². The van der Waals surface area contributed by atoms with Gasteiger partial charge in [-0.05, 0) is 247 Å². The second-order valence-corrected chi connectivity index (χ2v) is 40.5. The van der Waals surface area contributed by atoms with E-state index in [1.807, 2.05) is 0 Å². The molecule has 0 fully saturated rings. The maximum Gasteiger partial charge on any atom is 0.252 e. The van der Waals surface area contributed by atoms with E-state index in [4.69, 9.17) is 0 Å². The molecule has 5 heteroatoms. The van der Waals surface area contributed by atoms with Crippen LogP contribution in [0.5, 0.6) is 0 Å². The Kier molecular flexibility index (Phi) is 17.1. The third-order valence-corrected chi connectivity index (χ3v) is 30.2. The van der Waals surface area contributed by atoms with Crippen LogP contribution in [0.2, 0.25) is 0 Å². The molecule has 632 valence electrons. The Hall–Kier alpha value is -15.6. The molecule has 3 aliphatic carbocycles. The number of hydrogen-bond acceptors (Lipinski definition) is 2. The van der Waals surface area contributed by atoms with Gasteiger partial charge in [0, 0.05) is 77.9 Å². The summed E-state index contributed by atoms with van der Waals surface area (Å²) in [5, 5.41) is 4.84. The van der Waals surface area contributed by atoms with E-state index < -0.39 is 16.2 Å². The summed E-state index contributed by atoms with van der Waals surface area (Å²) in [6.07, 6.45) is 0. The van der Waals surface area contributed by atoms with Crippen LogP contribution >= 0.6 is 0 Å². The van der Waals surface area contributed by atoms with Crippen LogP contribution in [-0.4, -0.2) is 15.8 Å². The molecule has 0 saturated heterocycles. The van der Waals surface area contributed by atoms with Gasteiger partial charge >= 0.3 is 0 Å². The lowest BCUT2D eigenvalue weighted by Crippen LogP contribution is -2.61. The van der Waals surface area contributed by atoms with Gasteiger partial charge in [-0.2, -0.15) is 0 Å². The minimum Gasteiger partial charge on any atom is -0.310 e. The summed E-state index contributed by atoms with van der Waals surface area (Å²) in [5.74, 6) is 0. The number of aromatic nitrogens is 2. The van der Waals surface area contributed by atoms with Gasteiger partial charge in [0.15, 0.2) is 0 Å². The van der Waals surface area contributed by atoms with Gasteiger partial charge in [-0.25, -0.2) is 0 Å². The molecule has 0 atom stereocenters. The Morgan fingerprint density at radius 1 is 0.211 bits per heavy atom. The smallest absolute Gasteiger partial charge is 0.252 e. The van der Waals surface area contributed by atoms with E-state index in [0.717, 1.165) is 112 Å². The molecule has 1 spiro atoms. The Labute approximate surface area is 778 Å². The van der Waals surface area contributed by atoms with Crippen LogP contribution in [0.15, 0.2) is 425 Å². The summed E-state index contributed by atoms with van der Waals surface area (Å²) in [5.41, 5.74) is 46.0. The Balaban J connectivity index is 0.812. The standard InChI is InChI=1S/C128H97BN4/c1-124(2,3)86-68-97(80-40-16-10-17-41-80)122(98(69-86)81-42-18-11-19-43-81)132-117-74-89(130-113-62-38-32-56-95(113)103-76-101-93-54-30-34-58-105(93)127(109(101)78-115(103)130,84-48-24-14-25-49-84)85-50-26-15-27-51-85)64-66-111(117)129-112-67-65-90(131-114-63-39-33-57-96(114)104-77-102-94-55-31-37-61-108(94)128(110(102)79-116(104)131)106-59-35-28-52-91(106)92-53-29-36-60-107(92)128)75-118(112)133(120-73-88(126(7,8)9)72-119(132)121(120)129)123-99(82-44-20-12-21-45-82)70-87(125(4,5)6)71-100(123)83-46-22-13-23-47-83/h10-79H,1-9H3. The highest BCUT2D eigenvalue weighted by atomic mass is 15.2. The van der Waals surface area contributed by atoms with Crippen molar-refractivity contribution in [3.63, 3.8) is 0 Å². The Morgan fingerprint density at radius 3 is 0.857 bits per heavy atom. The number of anilines is 6. The lowest BCUT2D eigenvalue weighted by Gasteiger charge is -2.47. The molecule has 0 amide bonds. The molecule has 4 nitrogen and oxygen atoms in total. The summed E-state index contributed by atoms with van der Waals surface area (Å²) in [6, 6.07) is 164. The molecule has 2 aromatic heterocycles. The molecule has 0 bridgehead atoms. The predicted octanol–water partition coefficient (Wildman–Crippen LogP) is 31.2. The monoisotopic (exact) mass is 1700 g/mol. The number of hydrogen-bond donors (Lipinski definition) is 0. The van der Waals surface area contributed by atoms with Gasteiger partial charge in [0.25, 0.3) is 6.71 Å². The molecule has 0 unspecified atom stereocenters. The van der Waals surface area contributed by atoms with Gasteiger partial charge in [-0.15, -0.1) is 0 Å². The fourth-order valence-corrected chi connectivity index (χ4v) is 24.1. The van der Waals surface area contributed by atoms with E-state index in [1.54, 1.807) is 0 Å². The van der Waals surface area contributed by atoms with Crippen LogP contribution < -0.4 is 26.2 Å². The highest BCUT2D eigenvalue weighted by Gasteiger charge is 2.54. The molecule has 26 rings (SSSR count). The molecule has 19 aromatic carbocycles. The van der Waals surface area contributed by atoms with Crippen molar-refractivity contribution in [1.82, 2.24) is 9.13 Å². The molecule has 4 heterocycles. The minimum absolute atomic E-state index is 0.243. The van der Waals surface area contributed by atoms with Crippen LogP contribution in [0.4, 0.5) is 34.1 Å². The molecule has 2 aliphatic heterocycles. The first-order chi connectivity index (χ1) is 64.9. The van der Waals surface area contributed by atoms with Gasteiger partial charge in [0.05, 0.1) is 44.3 Å². The van der Waals surface area contributed by atoms with Crippen LogP contribution in [-0.2, 0) is 27.1 Å². The van der Waals surface area contributed by atoms with Crippen LogP contribution in [0.1, 0.15) is 124 Å². The van der Waals surface area contributed by atoms with Crippen LogP contribution in [0, 0.1) is 0 Å². The van der Waals surface area contributed by atoms with Crippen molar-refractivity contribution in [2.45, 2.75) is 89.4 Å². The maximum atomic E-state index is 2.78. The number of fused-ring (bicyclic) bond motifs is 23. The van der Waals surface area contributed by atoms with Crippen molar-refractivity contribution in [1.29, 1.82) is 0 Å². The van der Waals surface area contributed by atoms with Crippen LogP contribution in [0.3, 0.4) is 0 Å².